The summed E-state index contributed by atoms with van der Waals surface area (Å²) in [6.45, 7) is 0. The summed E-state index contributed by atoms with van der Waals surface area (Å²) >= 11 is 3.30. The summed E-state index contributed by atoms with van der Waals surface area (Å²) in [7, 11) is 0. The Bertz CT molecular complexity index is 355. The molecule has 0 atom stereocenters. The monoisotopic (exact) mass is 255 g/mol. The summed E-state index contributed by atoms with van der Waals surface area (Å²) in [6, 6.07) is 7.39. The van der Waals surface area contributed by atoms with Crippen LogP contribution in [0.15, 0.2) is 33.7 Å². The van der Waals surface area contributed by atoms with Crippen molar-refractivity contribution in [3.63, 3.8) is 0 Å². The van der Waals surface area contributed by atoms with Crippen molar-refractivity contribution in [2.45, 2.75) is 6.42 Å². The highest BCUT2D eigenvalue weighted by molar-refractivity contribution is 9.10. The van der Waals surface area contributed by atoms with Gasteiger partial charge in [0, 0.05) is 4.47 Å². The largest absolute Gasteiger partial charge is 0.370 e. The molecule has 0 aromatic heterocycles. The third kappa shape index (κ3) is 3.57. The Morgan fingerprint density at radius 1 is 1.29 bits per heavy atom. The SMILES string of the molecule is NC(N)=NC(=O)Cc1ccc(Br)cc1. The van der Waals surface area contributed by atoms with Crippen molar-refractivity contribution in [1.82, 2.24) is 0 Å². The Balaban J connectivity index is 2.66. The number of rotatable bonds is 2. The first-order valence-corrected chi connectivity index (χ1v) is 4.74. The van der Waals surface area contributed by atoms with Gasteiger partial charge in [0.05, 0.1) is 6.42 Å². The number of guanidine groups is 1. The van der Waals surface area contributed by atoms with Crippen molar-refractivity contribution in [3.05, 3.63) is 34.3 Å². The second kappa shape index (κ2) is 4.76. The molecule has 1 aromatic rings. The standard InChI is InChI=1S/C9H10BrN3O/c10-7-3-1-6(2-4-7)5-8(14)13-9(11)12/h1-4H,5H2,(H4,11,12,13,14). The Labute approximate surface area is 90.1 Å². The molecule has 0 heterocycles. The van der Waals surface area contributed by atoms with Crippen molar-refractivity contribution in [3.8, 4) is 0 Å². The Hall–Kier alpha value is -1.36. The van der Waals surface area contributed by atoms with Gasteiger partial charge in [0.1, 0.15) is 0 Å². The van der Waals surface area contributed by atoms with Crippen LogP contribution in [0.5, 0.6) is 0 Å². The predicted octanol–water partition coefficient (Wildman–Crippen LogP) is 0.792. The number of carbonyl (C=O) groups excluding carboxylic acids is 1. The Morgan fingerprint density at radius 3 is 2.36 bits per heavy atom. The lowest BCUT2D eigenvalue weighted by Gasteiger charge is -1.97. The van der Waals surface area contributed by atoms with Gasteiger partial charge in [0.15, 0.2) is 5.96 Å². The fourth-order valence-electron chi connectivity index (χ4n) is 0.960. The normalized spacial score (nSPS) is 9.50. The van der Waals surface area contributed by atoms with Gasteiger partial charge in [-0.3, -0.25) is 4.79 Å². The van der Waals surface area contributed by atoms with Crippen LogP contribution in [0.1, 0.15) is 5.56 Å². The highest BCUT2D eigenvalue weighted by Crippen LogP contribution is 2.11. The highest BCUT2D eigenvalue weighted by Gasteiger charge is 2.01. The number of halogens is 1. The van der Waals surface area contributed by atoms with Crippen LogP contribution in [0.4, 0.5) is 0 Å². The second-order valence-corrected chi connectivity index (χ2v) is 3.65. The third-order valence-corrected chi connectivity index (χ3v) is 2.05. The number of nitrogens with zero attached hydrogens (tertiary/aromatic N) is 1. The van der Waals surface area contributed by atoms with Gasteiger partial charge >= 0.3 is 0 Å². The lowest BCUT2D eigenvalue weighted by Crippen LogP contribution is -2.24. The smallest absolute Gasteiger partial charge is 0.253 e. The maximum absolute atomic E-state index is 11.1. The van der Waals surface area contributed by atoms with Crippen molar-refractivity contribution in [2.75, 3.05) is 0 Å². The van der Waals surface area contributed by atoms with E-state index in [1.165, 1.54) is 0 Å². The first kappa shape index (κ1) is 10.7. The first-order valence-electron chi connectivity index (χ1n) is 3.95. The molecule has 0 spiro atoms. The molecule has 0 saturated heterocycles. The summed E-state index contributed by atoms with van der Waals surface area (Å²) in [5.41, 5.74) is 11.0. The van der Waals surface area contributed by atoms with Crippen molar-refractivity contribution < 1.29 is 4.79 Å². The van der Waals surface area contributed by atoms with Gasteiger partial charge in [-0.05, 0) is 17.7 Å². The van der Waals surface area contributed by atoms with Gasteiger partial charge in [-0.25, -0.2) is 0 Å². The second-order valence-electron chi connectivity index (χ2n) is 2.73. The minimum Gasteiger partial charge on any atom is -0.370 e. The fraction of sp³-hybridized carbons (Fsp3) is 0.111. The third-order valence-electron chi connectivity index (χ3n) is 1.52. The molecular formula is C9H10BrN3O. The summed E-state index contributed by atoms with van der Waals surface area (Å²) in [5.74, 6) is -0.542. The van der Waals surface area contributed by atoms with Crippen LogP contribution in [0, 0.1) is 0 Å². The van der Waals surface area contributed by atoms with E-state index < -0.39 is 0 Å². The van der Waals surface area contributed by atoms with Crippen molar-refractivity contribution in [1.29, 1.82) is 0 Å². The van der Waals surface area contributed by atoms with E-state index in [0.717, 1.165) is 10.0 Å². The molecule has 5 heteroatoms. The van der Waals surface area contributed by atoms with E-state index in [0.29, 0.717) is 0 Å². The molecule has 1 aromatic carbocycles. The number of aliphatic imine (C=N–C) groups is 1. The minimum atomic E-state index is -0.340. The lowest BCUT2D eigenvalue weighted by molar-refractivity contribution is -0.117. The number of nitrogens with two attached hydrogens (primary N) is 2. The molecule has 0 aliphatic rings. The molecule has 0 aliphatic heterocycles. The topological polar surface area (TPSA) is 81.5 Å². The van der Waals surface area contributed by atoms with Crippen LogP contribution >= 0.6 is 15.9 Å². The van der Waals surface area contributed by atoms with E-state index in [2.05, 4.69) is 20.9 Å². The fourth-order valence-corrected chi connectivity index (χ4v) is 1.22. The number of carbonyl (C=O) groups is 1. The molecule has 0 aliphatic carbocycles. The highest BCUT2D eigenvalue weighted by atomic mass is 79.9. The van der Waals surface area contributed by atoms with Gasteiger partial charge < -0.3 is 11.5 Å². The van der Waals surface area contributed by atoms with Crippen LogP contribution in [-0.4, -0.2) is 11.9 Å². The van der Waals surface area contributed by atoms with Gasteiger partial charge in [-0.15, -0.1) is 0 Å². The molecule has 74 valence electrons. The molecule has 14 heavy (non-hydrogen) atoms. The van der Waals surface area contributed by atoms with E-state index >= 15 is 0 Å². The molecule has 0 unspecified atom stereocenters. The van der Waals surface area contributed by atoms with E-state index in [4.69, 9.17) is 11.5 Å². The van der Waals surface area contributed by atoms with Gasteiger partial charge in [-0.2, -0.15) is 4.99 Å². The molecular weight excluding hydrogens is 246 g/mol. The number of benzene rings is 1. The van der Waals surface area contributed by atoms with E-state index in [1.807, 2.05) is 24.3 Å². The molecule has 1 amide bonds. The molecule has 4 N–H and O–H groups in total. The van der Waals surface area contributed by atoms with Crippen LogP contribution in [0.2, 0.25) is 0 Å². The van der Waals surface area contributed by atoms with E-state index in [1.54, 1.807) is 0 Å². The summed E-state index contributed by atoms with van der Waals surface area (Å²) in [5, 5.41) is 0. The summed E-state index contributed by atoms with van der Waals surface area (Å²) in [4.78, 5) is 14.6. The summed E-state index contributed by atoms with van der Waals surface area (Å²) < 4.78 is 0.968. The Morgan fingerprint density at radius 2 is 1.86 bits per heavy atom. The predicted molar refractivity (Wildman–Crippen MR) is 58.7 cm³/mol. The molecule has 0 fully saturated rings. The zero-order valence-electron chi connectivity index (χ0n) is 7.40. The zero-order valence-corrected chi connectivity index (χ0v) is 8.99. The zero-order chi connectivity index (χ0) is 10.6. The molecule has 0 bridgehead atoms. The number of hydrogen-bond donors (Lipinski definition) is 2. The van der Waals surface area contributed by atoms with Crippen LogP contribution < -0.4 is 11.5 Å². The summed E-state index contributed by atoms with van der Waals surface area (Å²) in [6.07, 6.45) is 0.213. The molecule has 0 radical (unpaired) electrons. The van der Waals surface area contributed by atoms with Crippen LogP contribution in [-0.2, 0) is 11.2 Å². The average molecular weight is 256 g/mol. The van der Waals surface area contributed by atoms with Crippen molar-refractivity contribution >= 4 is 27.8 Å². The number of amides is 1. The minimum absolute atomic E-state index is 0.202. The van der Waals surface area contributed by atoms with Crippen molar-refractivity contribution in [2.24, 2.45) is 16.5 Å². The van der Waals surface area contributed by atoms with E-state index in [9.17, 15) is 4.79 Å². The number of hydrogen-bond acceptors (Lipinski definition) is 1. The maximum atomic E-state index is 11.1. The molecule has 4 nitrogen and oxygen atoms in total. The quantitative estimate of drug-likeness (QED) is 0.606. The van der Waals surface area contributed by atoms with Crippen LogP contribution in [0.25, 0.3) is 0 Å². The molecule has 1 rings (SSSR count). The van der Waals surface area contributed by atoms with Gasteiger partial charge in [-0.1, -0.05) is 28.1 Å². The van der Waals surface area contributed by atoms with Gasteiger partial charge in [0.2, 0.25) is 0 Å². The first-order chi connectivity index (χ1) is 6.58. The van der Waals surface area contributed by atoms with Gasteiger partial charge in [0.25, 0.3) is 5.91 Å². The maximum Gasteiger partial charge on any atom is 0.253 e. The van der Waals surface area contributed by atoms with E-state index in [-0.39, 0.29) is 18.3 Å². The molecule has 0 saturated carbocycles. The lowest BCUT2D eigenvalue weighted by atomic mass is 10.1. The Kier molecular flexibility index (Phi) is 3.64. The van der Waals surface area contributed by atoms with Crippen LogP contribution in [0.3, 0.4) is 0 Å². The average Bonchev–Trinajstić information content (AvgIpc) is 2.07.